The first-order valence-electron chi connectivity index (χ1n) is 12.5. The Balaban J connectivity index is 1.55. The molecule has 0 unspecified atom stereocenters. The van der Waals surface area contributed by atoms with Crippen molar-refractivity contribution in [2.24, 2.45) is 16.7 Å². The van der Waals surface area contributed by atoms with Crippen LogP contribution in [0.15, 0.2) is 18.3 Å². The minimum atomic E-state index is -2.66. The third kappa shape index (κ3) is 1.60. The second kappa shape index (κ2) is 5.57. The summed E-state index contributed by atoms with van der Waals surface area (Å²) >= 11 is 0. The number of aliphatic hydroxyl groups is 6. The van der Waals surface area contributed by atoms with Crippen molar-refractivity contribution in [1.29, 1.82) is 0 Å². The van der Waals surface area contributed by atoms with Gasteiger partial charge in [-0.3, -0.25) is 0 Å². The number of nitrogens with one attached hydrogen (secondary N) is 1. The molecule has 4 saturated carbocycles. The van der Waals surface area contributed by atoms with Crippen LogP contribution in [0.2, 0.25) is 0 Å². The number of carbonyl (C=O) groups is 1. The molecule has 1 aromatic rings. The van der Waals surface area contributed by atoms with E-state index in [1.165, 1.54) is 26.1 Å². The Morgan fingerprint density at radius 2 is 1.83 bits per heavy atom. The maximum absolute atomic E-state index is 13.2. The molecule has 4 aliphatic carbocycles. The summed E-state index contributed by atoms with van der Waals surface area (Å²) in [6.07, 6.45) is -3.06. The van der Waals surface area contributed by atoms with Crippen molar-refractivity contribution >= 4 is 5.97 Å². The van der Waals surface area contributed by atoms with Crippen LogP contribution in [-0.2, 0) is 14.2 Å². The van der Waals surface area contributed by atoms with Gasteiger partial charge in [-0.1, -0.05) is 20.8 Å². The summed E-state index contributed by atoms with van der Waals surface area (Å²) < 4.78 is 17.8. The topological polar surface area (TPSA) is 185 Å². The van der Waals surface area contributed by atoms with Crippen molar-refractivity contribution in [1.82, 2.24) is 4.98 Å². The second-order valence-corrected chi connectivity index (χ2v) is 12.8. The van der Waals surface area contributed by atoms with Crippen LogP contribution < -0.4 is 0 Å². The standard InChI is InChI=1S/C25H33NO10/c1-11(2)22(31)16(34-14(27)12-7-6-8-26-12)23(32)17(3)10-21(30)19(22,5)25(23,33)24(36-21)15(28)18(4)13(35-18)9-20(17,24)29/h6-8,11,13,15-16,26,28-33H,9-10H2,1-5H3/t13-,15-,16+,17-,18-,19+,20-,21-,22+,23-,24+,25+/m0/s1. The number of hydrogen-bond donors (Lipinski definition) is 7. The molecule has 7 aliphatic rings. The number of esters is 1. The highest BCUT2D eigenvalue weighted by molar-refractivity contribution is 5.87. The van der Waals surface area contributed by atoms with E-state index in [4.69, 9.17) is 14.2 Å². The SMILES string of the molecule is CC(C)[C@@]1(O)[C@@H](OC(=O)c2ccc[nH]2)[C@]2(O)[C@@]3(C)C[C@]4(O)O[C@@]5([C@@H](O)[C@@]6(C)O[C@H]6C[C@]35O)[C@@]2(O)[C@@]14C. The second-order valence-electron chi connectivity index (χ2n) is 12.8. The highest BCUT2D eigenvalue weighted by atomic mass is 16.7. The zero-order valence-corrected chi connectivity index (χ0v) is 20.8. The molecule has 6 bridgehead atoms. The molecule has 3 saturated heterocycles. The highest BCUT2D eigenvalue weighted by Gasteiger charge is 3.11. The quantitative estimate of drug-likeness (QED) is 0.197. The van der Waals surface area contributed by atoms with Gasteiger partial charge in [0.2, 0.25) is 0 Å². The zero-order chi connectivity index (χ0) is 26.3. The van der Waals surface area contributed by atoms with Crippen LogP contribution in [0.1, 0.15) is 57.9 Å². The molecule has 1 spiro atoms. The van der Waals surface area contributed by atoms with E-state index in [9.17, 15) is 35.4 Å². The first-order chi connectivity index (χ1) is 16.4. The number of H-pyrrole nitrogens is 1. The molecular weight excluding hydrogens is 474 g/mol. The molecule has 7 N–H and O–H groups in total. The van der Waals surface area contributed by atoms with E-state index >= 15 is 0 Å². The predicted octanol–water partition coefficient (Wildman–Crippen LogP) is -1.06. The van der Waals surface area contributed by atoms with Gasteiger partial charge < -0.3 is 49.8 Å². The van der Waals surface area contributed by atoms with E-state index in [1.54, 1.807) is 26.8 Å². The molecule has 11 heteroatoms. The molecule has 198 valence electrons. The van der Waals surface area contributed by atoms with E-state index in [-0.39, 0.29) is 12.1 Å². The summed E-state index contributed by atoms with van der Waals surface area (Å²) in [5.74, 6) is -3.99. The molecule has 11 nitrogen and oxygen atoms in total. The molecule has 8 rings (SSSR count). The van der Waals surface area contributed by atoms with Crippen LogP contribution in [0.5, 0.6) is 0 Å². The van der Waals surface area contributed by atoms with Crippen LogP contribution in [0.4, 0.5) is 0 Å². The lowest BCUT2D eigenvalue weighted by atomic mass is 9.52. The zero-order valence-electron chi connectivity index (χ0n) is 20.8. The summed E-state index contributed by atoms with van der Waals surface area (Å²) in [5, 5.41) is 74.5. The van der Waals surface area contributed by atoms with E-state index in [0.717, 1.165) is 0 Å². The number of aromatic nitrogens is 1. The number of aliphatic hydroxyl groups excluding tert-OH is 1. The van der Waals surface area contributed by atoms with Crippen LogP contribution in [0.3, 0.4) is 0 Å². The lowest BCUT2D eigenvalue weighted by molar-refractivity contribution is -0.386. The van der Waals surface area contributed by atoms with Gasteiger partial charge in [-0.2, -0.15) is 0 Å². The molecule has 7 fully saturated rings. The number of aromatic amines is 1. The highest BCUT2D eigenvalue weighted by Crippen LogP contribution is 2.91. The van der Waals surface area contributed by atoms with Crippen molar-refractivity contribution < 1.29 is 49.6 Å². The Kier molecular flexibility index (Phi) is 3.64. The molecule has 0 aromatic carbocycles. The van der Waals surface area contributed by atoms with Gasteiger partial charge in [0.25, 0.3) is 0 Å². The number of hydrogen-bond acceptors (Lipinski definition) is 10. The largest absolute Gasteiger partial charge is 0.451 e. The van der Waals surface area contributed by atoms with Crippen LogP contribution in [0, 0.1) is 16.7 Å². The average molecular weight is 508 g/mol. The predicted molar refractivity (Wildman–Crippen MR) is 118 cm³/mol. The van der Waals surface area contributed by atoms with Gasteiger partial charge in [0.15, 0.2) is 17.5 Å². The number of carbonyl (C=O) groups excluding carboxylic acids is 1. The van der Waals surface area contributed by atoms with Crippen LogP contribution in [-0.4, -0.2) is 99.3 Å². The first kappa shape index (κ1) is 23.5. The molecule has 3 aliphatic heterocycles. The molecular formula is C25H33NO10. The molecule has 36 heavy (non-hydrogen) atoms. The molecule has 1 aromatic heterocycles. The smallest absolute Gasteiger partial charge is 0.355 e. The number of ether oxygens (including phenoxy) is 3. The minimum absolute atomic E-state index is 0.0531. The monoisotopic (exact) mass is 507 g/mol. The van der Waals surface area contributed by atoms with Gasteiger partial charge in [0, 0.05) is 24.5 Å². The number of rotatable bonds is 3. The van der Waals surface area contributed by atoms with E-state index < -0.39 is 86.8 Å². The van der Waals surface area contributed by atoms with Crippen molar-refractivity contribution in [3.05, 3.63) is 24.0 Å². The van der Waals surface area contributed by atoms with Gasteiger partial charge in [0.1, 0.15) is 39.8 Å². The van der Waals surface area contributed by atoms with Crippen LogP contribution >= 0.6 is 0 Å². The minimum Gasteiger partial charge on any atom is -0.451 e. The number of fused-ring (bicyclic) bond motifs is 1. The molecule has 12 atom stereocenters. The maximum Gasteiger partial charge on any atom is 0.355 e. The summed E-state index contributed by atoms with van der Waals surface area (Å²) in [4.78, 5) is 15.9. The molecule has 0 radical (unpaired) electrons. The van der Waals surface area contributed by atoms with Gasteiger partial charge in [0.05, 0.1) is 11.5 Å². The fourth-order valence-electron chi connectivity index (χ4n) is 9.87. The van der Waals surface area contributed by atoms with E-state index in [2.05, 4.69) is 4.98 Å². The summed E-state index contributed by atoms with van der Waals surface area (Å²) in [5.41, 5.74) is -17.0. The maximum atomic E-state index is 13.2. The third-order valence-electron chi connectivity index (χ3n) is 11.8. The molecule has 0 amide bonds. The third-order valence-corrected chi connectivity index (χ3v) is 11.8. The Labute approximate surface area is 207 Å². The number of epoxide rings is 1. The fraction of sp³-hybridized carbons (Fsp3) is 0.800. The Hall–Kier alpha value is -1.57. The van der Waals surface area contributed by atoms with Crippen molar-refractivity contribution in [2.45, 2.75) is 105 Å². The first-order valence-corrected chi connectivity index (χ1v) is 12.5. The Bertz CT molecular complexity index is 1220. The van der Waals surface area contributed by atoms with Crippen molar-refractivity contribution in [3.63, 3.8) is 0 Å². The average Bonchev–Trinajstić information content (AvgIpc) is 3.10. The van der Waals surface area contributed by atoms with Gasteiger partial charge in [-0.05, 0) is 31.9 Å². The van der Waals surface area contributed by atoms with Crippen molar-refractivity contribution in [2.75, 3.05) is 0 Å². The van der Waals surface area contributed by atoms with Crippen LogP contribution in [0.25, 0.3) is 0 Å². The Morgan fingerprint density at radius 3 is 2.42 bits per heavy atom. The fourth-order valence-corrected chi connectivity index (χ4v) is 9.87. The van der Waals surface area contributed by atoms with E-state index in [1.807, 2.05) is 0 Å². The van der Waals surface area contributed by atoms with Crippen molar-refractivity contribution in [3.8, 4) is 0 Å². The van der Waals surface area contributed by atoms with Gasteiger partial charge in [-0.25, -0.2) is 4.79 Å². The lowest BCUT2D eigenvalue weighted by Gasteiger charge is -2.59. The Morgan fingerprint density at radius 1 is 1.17 bits per heavy atom. The van der Waals surface area contributed by atoms with E-state index in [0.29, 0.717) is 0 Å². The molecule has 4 heterocycles. The lowest BCUT2D eigenvalue weighted by Crippen LogP contribution is -2.77. The summed E-state index contributed by atoms with van der Waals surface area (Å²) in [6, 6.07) is 3.04. The summed E-state index contributed by atoms with van der Waals surface area (Å²) in [7, 11) is 0. The normalized spacial score (nSPS) is 63.5. The summed E-state index contributed by atoms with van der Waals surface area (Å²) in [6.45, 7) is 7.70. The van der Waals surface area contributed by atoms with Gasteiger partial charge >= 0.3 is 5.97 Å². The van der Waals surface area contributed by atoms with Gasteiger partial charge in [-0.15, -0.1) is 0 Å².